The maximum atomic E-state index is 11.8. The van der Waals surface area contributed by atoms with Crippen LogP contribution in [-0.4, -0.2) is 65.2 Å². The molecule has 1 aromatic heterocycles. The molecule has 27 heavy (non-hydrogen) atoms. The second-order valence-electron chi connectivity index (χ2n) is 6.49. The van der Waals surface area contributed by atoms with E-state index >= 15 is 0 Å². The first-order valence-corrected chi connectivity index (χ1v) is 9.47. The van der Waals surface area contributed by atoms with Gasteiger partial charge in [-0.1, -0.05) is 12.1 Å². The van der Waals surface area contributed by atoms with E-state index in [9.17, 15) is 4.79 Å². The molecule has 1 aliphatic rings. The SMILES string of the molecule is CCOC(=O)N1CC[NH+](Cn2nc(-c3cccc(OC)c3)n(C)c2=S)CC1. The summed E-state index contributed by atoms with van der Waals surface area (Å²) in [4.78, 5) is 14.9. The van der Waals surface area contributed by atoms with E-state index in [0.29, 0.717) is 31.1 Å². The van der Waals surface area contributed by atoms with Gasteiger partial charge in [0.15, 0.2) is 12.5 Å². The predicted molar refractivity (Wildman–Crippen MR) is 103 cm³/mol. The van der Waals surface area contributed by atoms with Crippen LogP contribution in [0.2, 0.25) is 0 Å². The van der Waals surface area contributed by atoms with Crippen LogP contribution >= 0.6 is 12.2 Å². The quantitative estimate of drug-likeness (QED) is 0.768. The molecule has 0 spiro atoms. The largest absolute Gasteiger partial charge is 0.497 e. The number of benzene rings is 1. The van der Waals surface area contributed by atoms with Gasteiger partial charge in [-0.3, -0.25) is 4.90 Å². The van der Waals surface area contributed by atoms with Gasteiger partial charge in [-0.25, -0.2) is 4.79 Å². The second kappa shape index (κ2) is 8.53. The van der Waals surface area contributed by atoms with E-state index in [0.717, 1.165) is 30.2 Å². The van der Waals surface area contributed by atoms with Crippen LogP contribution in [0.4, 0.5) is 4.79 Å². The second-order valence-corrected chi connectivity index (χ2v) is 6.86. The van der Waals surface area contributed by atoms with E-state index in [2.05, 4.69) is 0 Å². The Morgan fingerprint density at radius 1 is 1.33 bits per heavy atom. The monoisotopic (exact) mass is 392 g/mol. The number of hydrogen-bond donors (Lipinski definition) is 1. The van der Waals surface area contributed by atoms with Crippen LogP contribution in [0.15, 0.2) is 24.3 Å². The van der Waals surface area contributed by atoms with Crippen LogP contribution in [0.25, 0.3) is 11.4 Å². The number of amides is 1. The van der Waals surface area contributed by atoms with Crippen molar-refractivity contribution in [3.8, 4) is 17.1 Å². The molecule has 8 nitrogen and oxygen atoms in total. The Kier molecular flexibility index (Phi) is 6.12. The summed E-state index contributed by atoms with van der Waals surface area (Å²) in [6, 6.07) is 7.79. The van der Waals surface area contributed by atoms with Crippen molar-refractivity contribution in [3.63, 3.8) is 0 Å². The van der Waals surface area contributed by atoms with Gasteiger partial charge in [-0.15, -0.1) is 5.10 Å². The summed E-state index contributed by atoms with van der Waals surface area (Å²) in [6.45, 7) is 5.93. The van der Waals surface area contributed by atoms with Crippen molar-refractivity contribution >= 4 is 18.3 Å². The molecule has 9 heteroatoms. The summed E-state index contributed by atoms with van der Waals surface area (Å²) in [5.41, 5.74) is 0.962. The number of aromatic nitrogens is 3. The van der Waals surface area contributed by atoms with E-state index in [-0.39, 0.29) is 6.09 Å². The van der Waals surface area contributed by atoms with Gasteiger partial charge < -0.3 is 18.9 Å². The van der Waals surface area contributed by atoms with E-state index in [4.69, 9.17) is 26.8 Å². The Morgan fingerprint density at radius 2 is 2.07 bits per heavy atom. The smallest absolute Gasteiger partial charge is 0.410 e. The van der Waals surface area contributed by atoms with Crippen molar-refractivity contribution in [3.05, 3.63) is 29.0 Å². The molecule has 1 fully saturated rings. The number of methoxy groups -OCH3 is 1. The molecular formula is C18H26N5O3S+. The minimum Gasteiger partial charge on any atom is -0.497 e. The first kappa shape index (κ1) is 19.4. The zero-order valence-electron chi connectivity index (χ0n) is 16.0. The highest BCUT2D eigenvalue weighted by molar-refractivity contribution is 7.71. The molecule has 3 rings (SSSR count). The molecule has 146 valence electrons. The first-order chi connectivity index (χ1) is 13.0. The number of rotatable bonds is 5. The maximum absolute atomic E-state index is 11.8. The molecule has 2 heterocycles. The number of carbonyl (C=O) groups excluding carboxylic acids is 1. The Labute approximate surface area is 163 Å². The summed E-state index contributed by atoms with van der Waals surface area (Å²) < 4.78 is 14.8. The van der Waals surface area contributed by atoms with Crippen LogP contribution in [-0.2, 0) is 18.5 Å². The Balaban J connectivity index is 1.70. The predicted octanol–water partition coefficient (Wildman–Crippen LogP) is 0.941. The Bertz CT molecular complexity index is 855. The third-order valence-corrected chi connectivity index (χ3v) is 5.22. The minimum absolute atomic E-state index is 0.230. The molecular weight excluding hydrogens is 366 g/mol. The molecule has 1 aromatic carbocycles. The number of piperazine rings is 1. The normalized spacial score (nSPS) is 15.0. The van der Waals surface area contributed by atoms with Crippen LogP contribution < -0.4 is 9.64 Å². The lowest BCUT2D eigenvalue weighted by molar-refractivity contribution is -0.927. The van der Waals surface area contributed by atoms with Crippen molar-refractivity contribution in [1.29, 1.82) is 0 Å². The zero-order valence-corrected chi connectivity index (χ0v) is 16.8. The number of ether oxygens (including phenoxy) is 2. The maximum Gasteiger partial charge on any atom is 0.410 e. The van der Waals surface area contributed by atoms with Gasteiger partial charge in [0.05, 0.1) is 39.9 Å². The molecule has 0 radical (unpaired) electrons. The average Bonchev–Trinajstić information content (AvgIpc) is 2.97. The Hall–Kier alpha value is -2.39. The van der Waals surface area contributed by atoms with Gasteiger partial charge in [-0.2, -0.15) is 4.68 Å². The number of nitrogens with zero attached hydrogens (tertiary/aromatic N) is 4. The van der Waals surface area contributed by atoms with E-state index in [1.54, 1.807) is 12.0 Å². The van der Waals surface area contributed by atoms with Gasteiger partial charge in [0.25, 0.3) is 0 Å². The van der Waals surface area contributed by atoms with Gasteiger partial charge >= 0.3 is 6.09 Å². The number of hydrogen-bond acceptors (Lipinski definition) is 5. The number of carbonyl (C=O) groups is 1. The van der Waals surface area contributed by atoms with Gasteiger partial charge in [0.2, 0.25) is 4.77 Å². The van der Waals surface area contributed by atoms with Gasteiger partial charge in [0.1, 0.15) is 5.75 Å². The number of nitrogens with one attached hydrogen (secondary N) is 1. The van der Waals surface area contributed by atoms with Gasteiger partial charge in [0, 0.05) is 12.6 Å². The fourth-order valence-corrected chi connectivity index (χ4v) is 3.39. The molecule has 0 saturated carbocycles. The third kappa shape index (κ3) is 4.30. The molecule has 0 bridgehead atoms. The fourth-order valence-electron chi connectivity index (χ4n) is 3.19. The third-order valence-electron chi connectivity index (χ3n) is 4.74. The van der Waals surface area contributed by atoms with Crippen molar-refractivity contribution in [2.75, 3.05) is 39.9 Å². The zero-order chi connectivity index (χ0) is 19.4. The average molecular weight is 393 g/mol. The topological polar surface area (TPSA) is 66.0 Å². The number of quaternary nitrogens is 1. The summed E-state index contributed by atoms with van der Waals surface area (Å²) >= 11 is 5.58. The standard InChI is InChI=1S/C18H25N5O3S/c1-4-26-18(24)22-10-8-21(9-11-22)13-23-17(27)20(2)16(19-23)14-6-5-7-15(12-14)25-3/h5-7,12H,4,8-11,13H2,1-3H3/p+1. The minimum atomic E-state index is -0.230. The van der Waals surface area contributed by atoms with Crippen molar-refractivity contribution < 1.29 is 19.2 Å². The molecule has 2 aromatic rings. The Morgan fingerprint density at radius 3 is 2.74 bits per heavy atom. The molecule has 0 unspecified atom stereocenters. The summed E-state index contributed by atoms with van der Waals surface area (Å²) in [5.74, 6) is 1.59. The highest BCUT2D eigenvalue weighted by Crippen LogP contribution is 2.22. The molecule has 1 saturated heterocycles. The first-order valence-electron chi connectivity index (χ1n) is 9.07. The van der Waals surface area contributed by atoms with E-state index in [1.807, 2.05) is 47.5 Å². The molecule has 1 N–H and O–H groups in total. The molecule has 0 aliphatic carbocycles. The highest BCUT2D eigenvalue weighted by atomic mass is 32.1. The van der Waals surface area contributed by atoms with Crippen LogP contribution in [0.1, 0.15) is 6.92 Å². The molecule has 1 aliphatic heterocycles. The van der Waals surface area contributed by atoms with Crippen LogP contribution in [0.3, 0.4) is 0 Å². The van der Waals surface area contributed by atoms with Crippen molar-refractivity contribution in [2.45, 2.75) is 13.6 Å². The molecule has 1 amide bonds. The lowest BCUT2D eigenvalue weighted by Crippen LogP contribution is -3.14. The summed E-state index contributed by atoms with van der Waals surface area (Å²) in [6.07, 6.45) is -0.230. The van der Waals surface area contributed by atoms with Crippen molar-refractivity contribution in [1.82, 2.24) is 19.2 Å². The lowest BCUT2D eigenvalue weighted by Gasteiger charge is -2.31. The van der Waals surface area contributed by atoms with Crippen molar-refractivity contribution in [2.24, 2.45) is 7.05 Å². The van der Waals surface area contributed by atoms with Crippen LogP contribution in [0, 0.1) is 4.77 Å². The highest BCUT2D eigenvalue weighted by Gasteiger charge is 2.25. The lowest BCUT2D eigenvalue weighted by atomic mass is 10.2. The van der Waals surface area contributed by atoms with Crippen LogP contribution in [0.5, 0.6) is 5.75 Å². The van der Waals surface area contributed by atoms with Gasteiger partial charge in [-0.05, 0) is 31.3 Å². The summed E-state index contributed by atoms with van der Waals surface area (Å²) in [7, 11) is 3.57. The fraction of sp³-hybridized carbons (Fsp3) is 0.500. The van der Waals surface area contributed by atoms with E-state index in [1.165, 1.54) is 4.90 Å². The van der Waals surface area contributed by atoms with E-state index < -0.39 is 0 Å². The summed E-state index contributed by atoms with van der Waals surface area (Å²) in [5, 5.41) is 4.73. The molecule has 0 atom stereocenters.